The van der Waals surface area contributed by atoms with Gasteiger partial charge in [-0.25, -0.2) is 4.79 Å². The maximum atomic E-state index is 11.7. The first-order chi connectivity index (χ1) is 10.6. The Kier molecular flexibility index (Phi) is 6.28. The number of urea groups is 1. The van der Waals surface area contributed by atoms with E-state index in [1.807, 2.05) is 24.3 Å². The molecule has 0 aliphatic heterocycles. The summed E-state index contributed by atoms with van der Waals surface area (Å²) < 4.78 is 0. The van der Waals surface area contributed by atoms with Crippen LogP contribution in [0, 0.1) is 6.92 Å². The predicted molar refractivity (Wildman–Crippen MR) is 91.4 cm³/mol. The summed E-state index contributed by atoms with van der Waals surface area (Å²) in [5, 5.41) is 6.45. The maximum Gasteiger partial charge on any atom is 0.314 e. The Bertz CT molecular complexity index is 611. The molecule has 0 fully saturated rings. The van der Waals surface area contributed by atoms with Crippen molar-refractivity contribution in [3.63, 3.8) is 0 Å². The molecule has 2 aromatic rings. The van der Waals surface area contributed by atoms with Crippen LogP contribution in [-0.2, 0) is 12.8 Å². The second-order valence-corrected chi connectivity index (χ2v) is 5.67. The highest BCUT2D eigenvalue weighted by Crippen LogP contribution is 2.14. The molecule has 2 aromatic carbocycles. The second kappa shape index (κ2) is 8.44. The van der Waals surface area contributed by atoms with Gasteiger partial charge in [0.25, 0.3) is 0 Å². The average Bonchev–Trinajstić information content (AvgIpc) is 2.51. The van der Waals surface area contributed by atoms with Crippen LogP contribution in [-0.4, -0.2) is 19.1 Å². The minimum atomic E-state index is -0.140. The van der Waals surface area contributed by atoms with Gasteiger partial charge in [-0.2, -0.15) is 0 Å². The summed E-state index contributed by atoms with van der Waals surface area (Å²) in [7, 11) is 0. The quantitative estimate of drug-likeness (QED) is 0.837. The zero-order chi connectivity index (χ0) is 15.8. The molecule has 3 nitrogen and oxygen atoms in total. The summed E-state index contributed by atoms with van der Waals surface area (Å²) in [5.41, 5.74) is 3.51. The van der Waals surface area contributed by atoms with Crippen LogP contribution in [0.4, 0.5) is 4.79 Å². The number of carbonyl (C=O) groups is 1. The first-order valence-corrected chi connectivity index (χ1v) is 7.83. The van der Waals surface area contributed by atoms with Gasteiger partial charge in [0.2, 0.25) is 0 Å². The fourth-order valence-electron chi connectivity index (χ4n) is 2.15. The van der Waals surface area contributed by atoms with Crippen molar-refractivity contribution >= 4 is 17.6 Å². The SMILES string of the molecule is Cc1ccc(CCNC(=O)NCCc2ccccc2Cl)cc1. The number of benzene rings is 2. The summed E-state index contributed by atoms with van der Waals surface area (Å²) in [6.07, 6.45) is 1.56. The fourth-order valence-corrected chi connectivity index (χ4v) is 2.38. The van der Waals surface area contributed by atoms with Crippen molar-refractivity contribution in [3.8, 4) is 0 Å². The lowest BCUT2D eigenvalue weighted by Crippen LogP contribution is -2.37. The van der Waals surface area contributed by atoms with Gasteiger partial charge in [0.1, 0.15) is 0 Å². The van der Waals surface area contributed by atoms with Crippen molar-refractivity contribution in [1.82, 2.24) is 10.6 Å². The first kappa shape index (κ1) is 16.4. The molecule has 2 rings (SSSR count). The van der Waals surface area contributed by atoms with E-state index in [4.69, 9.17) is 11.6 Å². The Morgan fingerprint density at radius 1 is 0.955 bits per heavy atom. The van der Waals surface area contributed by atoms with Crippen molar-refractivity contribution < 1.29 is 4.79 Å². The molecule has 0 unspecified atom stereocenters. The van der Waals surface area contributed by atoms with Crippen molar-refractivity contribution in [2.45, 2.75) is 19.8 Å². The molecule has 0 aromatic heterocycles. The van der Waals surface area contributed by atoms with Crippen LogP contribution in [0.5, 0.6) is 0 Å². The molecule has 22 heavy (non-hydrogen) atoms. The molecular formula is C18H21ClN2O. The van der Waals surface area contributed by atoms with Gasteiger partial charge < -0.3 is 10.6 Å². The zero-order valence-corrected chi connectivity index (χ0v) is 13.5. The van der Waals surface area contributed by atoms with E-state index in [0.29, 0.717) is 13.1 Å². The summed E-state index contributed by atoms with van der Waals surface area (Å²) >= 11 is 6.07. The summed E-state index contributed by atoms with van der Waals surface area (Å²) in [6.45, 7) is 3.26. The van der Waals surface area contributed by atoms with Gasteiger partial charge in [0.05, 0.1) is 0 Å². The molecule has 0 bridgehead atoms. The van der Waals surface area contributed by atoms with Crippen molar-refractivity contribution in [2.75, 3.05) is 13.1 Å². The normalized spacial score (nSPS) is 10.3. The van der Waals surface area contributed by atoms with Gasteiger partial charge in [-0.3, -0.25) is 0 Å². The molecule has 2 amide bonds. The van der Waals surface area contributed by atoms with E-state index in [9.17, 15) is 4.79 Å². The highest BCUT2D eigenvalue weighted by Gasteiger charge is 2.02. The Morgan fingerprint density at radius 3 is 2.27 bits per heavy atom. The van der Waals surface area contributed by atoms with Gasteiger partial charge in [0, 0.05) is 18.1 Å². The van der Waals surface area contributed by atoms with Gasteiger partial charge in [0.15, 0.2) is 0 Å². The molecule has 0 heterocycles. The van der Waals surface area contributed by atoms with Crippen LogP contribution in [0.15, 0.2) is 48.5 Å². The molecule has 4 heteroatoms. The second-order valence-electron chi connectivity index (χ2n) is 5.26. The van der Waals surface area contributed by atoms with Crippen LogP contribution in [0.2, 0.25) is 5.02 Å². The standard InChI is InChI=1S/C18H21ClN2O/c1-14-6-8-15(9-7-14)10-12-20-18(22)21-13-11-16-4-2-3-5-17(16)19/h2-9H,10-13H2,1H3,(H2,20,21,22). The molecule has 0 spiro atoms. The number of aryl methyl sites for hydroxylation is 1. The monoisotopic (exact) mass is 316 g/mol. The van der Waals surface area contributed by atoms with Crippen LogP contribution >= 0.6 is 11.6 Å². The smallest absolute Gasteiger partial charge is 0.314 e. The van der Waals surface area contributed by atoms with Crippen molar-refractivity contribution in [3.05, 3.63) is 70.2 Å². The minimum absolute atomic E-state index is 0.140. The number of rotatable bonds is 6. The highest BCUT2D eigenvalue weighted by molar-refractivity contribution is 6.31. The Morgan fingerprint density at radius 2 is 1.59 bits per heavy atom. The third-order valence-corrected chi connectivity index (χ3v) is 3.83. The van der Waals surface area contributed by atoms with E-state index >= 15 is 0 Å². The van der Waals surface area contributed by atoms with Crippen LogP contribution < -0.4 is 10.6 Å². The number of hydrogen-bond donors (Lipinski definition) is 2. The van der Waals surface area contributed by atoms with Gasteiger partial charge >= 0.3 is 6.03 Å². The van der Waals surface area contributed by atoms with E-state index in [-0.39, 0.29) is 6.03 Å². The topological polar surface area (TPSA) is 41.1 Å². The van der Waals surface area contributed by atoms with Crippen molar-refractivity contribution in [2.24, 2.45) is 0 Å². The predicted octanol–water partition coefficient (Wildman–Crippen LogP) is 3.73. The molecule has 0 atom stereocenters. The maximum absolute atomic E-state index is 11.7. The van der Waals surface area contributed by atoms with E-state index in [0.717, 1.165) is 23.4 Å². The number of halogens is 1. The molecule has 0 aliphatic carbocycles. The zero-order valence-electron chi connectivity index (χ0n) is 12.7. The molecule has 116 valence electrons. The summed E-state index contributed by atoms with van der Waals surface area (Å²) in [4.78, 5) is 11.7. The van der Waals surface area contributed by atoms with E-state index < -0.39 is 0 Å². The lowest BCUT2D eigenvalue weighted by atomic mass is 10.1. The lowest BCUT2D eigenvalue weighted by Gasteiger charge is -2.08. The van der Waals surface area contributed by atoms with Gasteiger partial charge in [-0.05, 0) is 37.0 Å². The largest absolute Gasteiger partial charge is 0.338 e. The Balaban J connectivity index is 1.64. The number of hydrogen-bond acceptors (Lipinski definition) is 1. The Labute approximate surface area is 136 Å². The molecule has 2 N–H and O–H groups in total. The number of amides is 2. The van der Waals surface area contributed by atoms with Crippen LogP contribution in [0.3, 0.4) is 0 Å². The summed E-state index contributed by atoms with van der Waals surface area (Å²) in [5.74, 6) is 0. The number of carbonyl (C=O) groups excluding carboxylic acids is 1. The van der Waals surface area contributed by atoms with E-state index in [1.54, 1.807) is 0 Å². The molecule has 0 saturated carbocycles. The van der Waals surface area contributed by atoms with E-state index in [2.05, 4.69) is 41.8 Å². The van der Waals surface area contributed by atoms with Crippen molar-refractivity contribution in [1.29, 1.82) is 0 Å². The molecule has 0 saturated heterocycles. The average molecular weight is 317 g/mol. The summed E-state index contributed by atoms with van der Waals surface area (Å²) in [6, 6.07) is 15.9. The fraction of sp³-hybridized carbons (Fsp3) is 0.278. The molecule has 0 aliphatic rings. The van der Waals surface area contributed by atoms with Gasteiger partial charge in [-0.15, -0.1) is 0 Å². The third kappa shape index (κ3) is 5.41. The van der Waals surface area contributed by atoms with Crippen LogP contribution in [0.25, 0.3) is 0 Å². The highest BCUT2D eigenvalue weighted by atomic mass is 35.5. The third-order valence-electron chi connectivity index (χ3n) is 3.46. The molecule has 0 radical (unpaired) electrons. The number of nitrogens with one attached hydrogen (secondary N) is 2. The lowest BCUT2D eigenvalue weighted by molar-refractivity contribution is 0.241. The Hall–Kier alpha value is -2.00. The first-order valence-electron chi connectivity index (χ1n) is 7.46. The molecular weight excluding hydrogens is 296 g/mol. The minimum Gasteiger partial charge on any atom is -0.338 e. The van der Waals surface area contributed by atoms with Gasteiger partial charge in [-0.1, -0.05) is 59.6 Å². The van der Waals surface area contributed by atoms with Crippen LogP contribution in [0.1, 0.15) is 16.7 Å². The van der Waals surface area contributed by atoms with E-state index in [1.165, 1.54) is 11.1 Å².